The van der Waals surface area contributed by atoms with Crippen molar-refractivity contribution < 1.29 is 13.9 Å². The van der Waals surface area contributed by atoms with Crippen LogP contribution in [0.1, 0.15) is 55.4 Å². The average Bonchev–Trinajstić information content (AvgIpc) is 2.76. The zero-order valence-electron chi connectivity index (χ0n) is 19.3. The lowest BCUT2D eigenvalue weighted by molar-refractivity contribution is -0.107. The van der Waals surface area contributed by atoms with E-state index >= 15 is 0 Å². The first kappa shape index (κ1) is 23.3. The van der Waals surface area contributed by atoms with Gasteiger partial charge in [0.2, 0.25) is 0 Å². The van der Waals surface area contributed by atoms with Crippen molar-refractivity contribution in [3.05, 3.63) is 58.4 Å². The van der Waals surface area contributed by atoms with E-state index in [1.165, 1.54) is 34.9 Å². The Morgan fingerprint density at radius 2 is 2.00 bits per heavy atom. The van der Waals surface area contributed by atoms with Crippen molar-refractivity contribution in [3.63, 3.8) is 0 Å². The van der Waals surface area contributed by atoms with Crippen LogP contribution in [0.25, 0.3) is 0 Å². The van der Waals surface area contributed by atoms with E-state index < -0.39 is 0 Å². The highest BCUT2D eigenvalue weighted by molar-refractivity contribution is 5.64. The molecule has 0 unspecified atom stereocenters. The monoisotopic (exact) mass is 426 g/mol. The lowest BCUT2D eigenvalue weighted by Gasteiger charge is -2.36. The molecule has 1 N–H and O–H groups in total. The molecule has 0 aromatic heterocycles. The largest absolute Gasteiger partial charge is 0.381 e. The number of benzene rings is 2. The maximum Gasteiger partial charge on any atom is 0.128 e. The van der Waals surface area contributed by atoms with Gasteiger partial charge in [0.05, 0.1) is 5.60 Å². The summed E-state index contributed by atoms with van der Waals surface area (Å²) < 4.78 is 19.9. The fourth-order valence-electron chi connectivity index (χ4n) is 4.21. The van der Waals surface area contributed by atoms with Gasteiger partial charge in [-0.3, -0.25) is 0 Å². The number of ether oxygens (including phenoxy) is 1. The zero-order chi connectivity index (χ0) is 22.4. The first-order valence-corrected chi connectivity index (χ1v) is 11.2. The van der Waals surface area contributed by atoms with Crippen molar-refractivity contribution in [1.29, 1.82) is 0 Å². The van der Waals surface area contributed by atoms with Crippen LogP contribution in [-0.4, -0.2) is 32.1 Å². The Kier molecular flexibility index (Phi) is 7.71. The molecule has 0 atom stereocenters. The van der Waals surface area contributed by atoms with E-state index in [2.05, 4.69) is 43.1 Å². The van der Waals surface area contributed by atoms with Crippen LogP contribution in [0.4, 0.5) is 15.8 Å². The van der Waals surface area contributed by atoms with Gasteiger partial charge in [-0.15, -0.1) is 0 Å². The zero-order valence-corrected chi connectivity index (χ0v) is 19.3. The number of nitrogens with zero attached hydrogens (tertiary/aromatic N) is 1. The third-order valence-corrected chi connectivity index (χ3v) is 6.42. The second kappa shape index (κ2) is 10.3. The Labute approximate surface area is 185 Å². The van der Waals surface area contributed by atoms with Crippen molar-refractivity contribution >= 4 is 17.7 Å². The van der Waals surface area contributed by atoms with Gasteiger partial charge in [0.1, 0.15) is 12.1 Å². The van der Waals surface area contributed by atoms with E-state index in [-0.39, 0.29) is 11.4 Å². The predicted molar refractivity (Wildman–Crippen MR) is 126 cm³/mol. The van der Waals surface area contributed by atoms with Crippen molar-refractivity contribution in [2.24, 2.45) is 0 Å². The summed E-state index contributed by atoms with van der Waals surface area (Å²) in [5, 5.41) is 3.36. The molecule has 2 aromatic carbocycles. The van der Waals surface area contributed by atoms with Crippen molar-refractivity contribution in [1.82, 2.24) is 0 Å². The number of hydrogen-bond donors (Lipinski definition) is 1. The molecule has 0 aliphatic carbocycles. The van der Waals surface area contributed by atoms with Crippen molar-refractivity contribution in [2.75, 3.05) is 30.4 Å². The molecule has 0 bridgehead atoms. The number of hydrogen-bond acceptors (Lipinski definition) is 4. The summed E-state index contributed by atoms with van der Waals surface area (Å²) in [6.45, 7) is 9.14. The van der Waals surface area contributed by atoms with Crippen LogP contribution >= 0.6 is 0 Å². The number of anilines is 2. The van der Waals surface area contributed by atoms with E-state index in [1.807, 2.05) is 6.07 Å². The number of halogens is 1. The van der Waals surface area contributed by atoms with Gasteiger partial charge in [-0.1, -0.05) is 18.2 Å². The van der Waals surface area contributed by atoms with Gasteiger partial charge in [-0.25, -0.2) is 4.39 Å². The Morgan fingerprint density at radius 1 is 1.23 bits per heavy atom. The van der Waals surface area contributed by atoms with Crippen LogP contribution in [0.5, 0.6) is 0 Å². The topological polar surface area (TPSA) is 41.6 Å². The SMILES string of the molecule is COC(C)(C)CCN1CCCc2ccc(CNc3ccc(CCC=O)c(F)c3)c(C)c21. The van der Waals surface area contributed by atoms with E-state index in [1.54, 1.807) is 13.2 Å². The minimum atomic E-state index is -0.263. The van der Waals surface area contributed by atoms with Gasteiger partial charge in [0.15, 0.2) is 0 Å². The summed E-state index contributed by atoms with van der Waals surface area (Å²) in [5.41, 5.74) is 6.48. The van der Waals surface area contributed by atoms with E-state index in [0.717, 1.165) is 37.9 Å². The Balaban J connectivity index is 1.73. The first-order valence-electron chi connectivity index (χ1n) is 11.2. The number of methoxy groups -OCH3 is 1. The summed E-state index contributed by atoms with van der Waals surface area (Å²) in [6.07, 6.45) is 4.87. The quantitative estimate of drug-likeness (QED) is 0.513. The molecule has 0 saturated heterocycles. The molecule has 2 aromatic rings. The van der Waals surface area contributed by atoms with Crippen LogP contribution in [0.15, 0.2) is 30.3 Å². The van der Waals surface area contributed by atoms with E-state index in [0.29, 0.717) is 24.9 Å². The highest BCUT2D eigenvalue weighted by Crippen LogP contribution is 2.34. The minimum absolute atomic E-state index is 0.132. The third kappa shape index (κ3) is 5.85. The molecule has 5 heteroatoms. The molecule has 1 aliphatic heterocycles. The number of nitrogens with one attached hydrogen (secondary N) is 1. The molecule has 0 amide bonds. The lowest BCUT2D eigenvalue weighted by atomic mass is 9.93. The predicted octanol–water partition coefficient (Wildman–Crippen LogP) is 5.45. The maximum absolute atomic E-state index is 14.3. The highest BCUT2D eigenvalue weighted by Gasteiger charge is 2.23. The standard InChI is InChI=1S/C26H35FN2O2/c1-19-22(18-28-23-12-11-20(8-6-16-30)24(27)17-23)10-9-21-7-5-14-29(25(19)21)15-13-26(2,3)31-4/h9-12,16-17,28H,5-8,13-15,18H2,1-4H3. The average molecular weight is 427 g/mol. The van der Waals surface area contributed by atoms with Crippen LogP contribution in [0, 0.1) is 12.7 Å². The molecule has 168 valence electrons. The lowest BCUT2D eigenvalue weighted by Crippen LogP contribution is -2.36. The number of aldehydes is 1. The van der Waals surface area contributed by atoms with E-state index in [9.17, 15) is 9.18 Å². The molecule has 0 radical (unpaired) electrons. The maximum atomic E-state index is 14.3. The van der Waals surface area contributed by atoms with Gasteiger partial charge < -0.3 is 19.7 Å². The summed E-state index contributed by atoms with van der Waals surface area (Å²) in [7, 11) is 1.77. The molecule has 0 saturated carbocycles. The highest BCUT2D eigenvalue weighted by atomic mass is 19.1. The molecule has 1 heterocycles. The molecular weight excluding hydrogens is 391 g/mol. The number of rotatable bonds is 10. The first-order chi connectivity index (χ1) is 14.8. The van der Waals surface area contributed by atoms with Gasteiger partial charge >= 0.3 is 0 Å². The molecule has 1 aliphatic rings. The Morgan fingerprint density at radius 3 is 2.71 bits per heavy atom. The molecule has 0 fully saturated rings. The summed E-state index contributed by atoms with van der Waals surface area (Å²) >= 11 is 0. The van der Waals surface area contributed by atoms with Gasteiger partial charge in [0, 0.05) is 44.5 Å². The Hall–Kier alpha value is -2.40. The second-order valence-corrected chi connectivity index (χ2v) is 9.03. The van der Waals surface area contributed by atoms with Crippen molar-refractivity contribution in [2.45, 2.75) is 65.0 Å². The second-order valence-electron chi connectivity index (χ2n) is 9.03. The molecule has 3 rings (SSSR count). The number of carbonyl (C=O) groups is 1. The fourth-order valence-corrected chi connectivity index (χ4v) is 4.21. The summed E-state index contributed by atoms with van der Waals surface area (Å²) in [4.78, 5) is 13.0. The van der Waals surface area contributed by atoms with Gasteiger partial charge in [0.25, 0.3) is 0 Å². The molecule has 4 nitrogen and oxygen atoms in total. The van der Waals surface area contributed by atoms with Crippen LogP contribution in [0.2, 0.25) is 0 Å². The van der Waals surface area contributed by atoms with E-state index in [4.69, 9.17) is 4.74 Å². The molecule has 0 spiro atoms. The Bertz CT molecular complexity index is 911. The minimum Gasteiger partial charge on any atom is -0.381 e. The smallest absolute Gasteiger partial charge is 0.128 e. The van der Waals surface area contributed by atoms with Gasteiger partial charge in [-0.05, 0) is 80.8 Å². The van der Waals surface area contributed by atoms with Crippen LogP contribution < -0.4 is 10.2 Å². The number of fused-ring (bicyclic) bond motifs is 1. The van der Waals surface area contributed by atoms with Crippen LogP contribution in [0.3, 0.4) is 0 Å². The van der Waals surface area contributed by atoms with Gasteiger partial charge in [-0.2, -0.15) is 0 Å². The number of aryl methyl sites for hydroxylation is 2. The number of carbonyl (C=O) groups excluding carboxylic acids is 1. The summed E-state index contributed by atoms with van der Waals surface area (Å²) in [5.74, 6) is -0.263. The van der Waals surface area contributed by atoms with Crippen molar-refractivity contribution in [3.8, 4) is 0 Å². The molecular formula is C26H35FN2O2. The third-order valence-electron chi connectivity index (χ3n) is 6.42. The normalized spacial score (nSPS) is 13.8. The molecule has 31 heavy (non-hydrogen) atoms. The summed E-state index contributed by atoms with van der Waals surface area (Å²) in [6, 6.07) is 9.61. The fraction of sp³-hybridized carbons (Fsp3) is 0.500. The van der Waals surface area contributed by atoms with Crippen LogP contribution in [-0.2, 0) is 28.9 Å².